The Kier molecular flexibility index (Phi) is 5.69. The fourth-order valence-electron chi connectivity index (χ4n) is 3.14. The molecule has 0 bridgehead atoms. The van der Waals surface area contributed by atoms with E-state index < -0.39 is 11.2 Å². The second-order valence-electron chi connectivity index (χ2n) is 6.78. The highest BCUT2D eigenvalue weighted by Crippen LogP contribution is 2.42. The number of nitrogen functional groups attached to an aromatic ring is 1. The van der Waals surface area contributed by atoms with Gasteiger partial charge >= 0.3 is 0 Å². The highest BCUT2D eigenvalue weighted by molar-refractivity contribution is 8.14. The van der Waals surface area contributed by atoms with Crippen LogP contribution in [0, 0.1) is 6.92 Å². The number of rotatable bonds is 6. The van der Waals surface area contributed by atoms with E-state index in [4.69, 9.17) is 15.7 Å². The molecule has 4 rings (SSSR count). The normalized spacial score (nSPS) is 15.4. The second kappa shape index (κ2) is 8.06. The molecule has 0 aliphatic carbocycles. The van der Waals surface area contributed by atoms with Gasteiger partial charge in [-0.1, -0.05) is 24.7 Å². The fourth-order valence-corrected chi connectivity index (χ4v) is 6.78. The minimum atomic E-state index is -0.857. The molecule has 1 aliphatic rings. The predicted molar refractivity (Wildman–Crippen MR) is 123 cm³/mol. The van der Waals surface area contributed by atoms with E-state index in [0.29, 0.717) is 5.69 Å². The van der Waals surface area contributed by atoms with Gasteiger partial charge in [0.15, 0.2) is 11.2 Å². The van der Waals surface area contributed by atoms with E-state index in [1.165, 1.54) is 11.3 Å². The number of aryl methyl sites for hydroxylation is 2. The lowest BCUT2D eigenvalue weighted by Gasteiger charge is -2.05. The van der Waals surface area contributed by atoms with Crippen LogP contribution in [0.15, 0.2) is 21.5 Å². The van der Waals surface area contributed by atoms with Crippen molar-refractivity contribution in [2.24, 2.45) is 12.0 Å². The maximum Gasteiger partial charge on any atom is 0.269 e. The van der Waals surface area contributed by atoms with Crippen LogP contribution in [-0.2, 0) is 18.2 Å². The molecule has 3 aromatic heterocycles. The fraction of sp³-hybridized carbons (Fsp3) is 0.421. The number of aromatic nitrogens is 3. The lowest BCUT2D eigenvalue weighted by Crippen LogP contribution is -2.06. The summed E-state index contributed by atoms with van der Waals surface area (Å²) in [4.78, 5) is 15.0. The van der Waals surface area contributed by atoms with Gasteiger partial charge in [-0.15, -0.1) is 11.8 Å². The Morgan fingerprint density at radius 1 is 1.32 bits per heavy atom. The van der Waals surface area contributed by atoms with Crippen LogP contribution < -0.4 is 5.73 Å². The molecule has 1 atom stereocenters. The minimum Gasteiger partial charge on any atom is -0.393 e. The lowest BCUT2D eigenvalue weighted by atomic mass is 10.1. The molecule has 4 heterocycles. The molecule has 148 valence electrons. The standard InChI is InChI=1S/C19H24N5OS3/c1-4-5-8-28(25)19-16(20)15-12(14-10-24(3)11(2)22-14)9-13(23-18(15)27-19)17-21-6-7-26-17/h9-10,25H,4-8,20H2,1-3H3/q+1. The van der Waals surface area contributed by atoms with Gasteiger partial charge in [0.2, 0.25) is 0 Å². The molecular weight excluding hydrogens is 410 g/mol. The number of unbranched alkanes of at least 4 members (excludes halogenated alkanes) is 1. The van der Waals surface area contributed by atoms with Crippen LogP contribution in [0.4, 0.5) is 5.69 Å². The molecular formula is C19H24N5OS3+. The van der Waals surface area contributed by atoms with Gasteiger partial charge in [-0.05, 0) is 19.4 Å². The summed E-state index contributed by atoms with van der Waals surface area (Å²) in [7, 11) is 1.99. The first-order valence-corrected chi connectivity index (χ1v) is 12.5. The van der Waals surface area contributed by atoms with E-state index in [9.17, 15) is 4.55 Å². The van der Waals surface area contributed by atoms with Gasteiger partial charge in [0.1, 0.15) is 27.1 Å². The number of thiophene rings is 1. The van der Waals surface area contributed by atoms with Crippen LogP contribution >= 0.6 is 23.1 Å². The van der Waals surface area contributed by atoms with Crippen LogP contribution in [0.5, 0.6) is 0 Å². The Bertz CT molecular complexity index is 1040. The first-order valence-electron chi connectivity index (χ1n) is 9.30. The lowest BCUT2D eigenvalue weighted by molar-refractivity contribution is 0.636. The predicted octanol–water partition coefficient (Wildman–Crippen LogP) is 4.33. The molecule has 28 heavy (non-hydrogen) atoms. The van der Waals surface area contributed by atoms with Gasteiger partial charge in [-0.3, -0.25) is 4.99 Å². The molecule has 0 radical (unpaired) electrons. The highest BCUT2D eigenvalue weighted by Gasteiger charge is 2.30. The van der Waals surface area contributed by atoms with Crippen molar-refractivity contribution in [3.63, 3.8) is 0 Å². The largest absolute Gasteiger partial charge is 0.393 e. The van der Waals surface area contributed by atoms with E-state index >= 15 is 0 Å². The maximum absolute atomic E-state index is 10.7. The van der Waals surface area contributed by atoms with Crippen molar-refractivity contribution in [2.75, 3.05) is 23.8 Å². The van der Waals surface area contributed by atoms with E-state index in [1.807, 2.05) is 24.7 Å². The molecule has 0 aromatic carbocycles. The molecule has 0 saturated carbocycles. The van der Waals surface area contributed by atoms with E-state index in [2.05, 4.69) is 18.0 Å². The number of nitrogens with two attached hydrogens (primary N) is 1. The minimum absolute atomic E-state index is 0.639. The summed E-state index contributed by atoms with van der Waals surface area (Å²) in [5.41, 5.74) is 9.89. The van der Waals surface area contributed by atoms with Crippen molar-refractivity contribution in [1.82, 2.24) is 14.5 Å². The number of aliphatic imine (C=N–C) groups is 1. The quantitative estimate of drug-likeness (QED) is 0.564. The Balaban J connectivity index is 1.92. The van der Waals surface area contributed by atoms with Crippen LogP contribution in [-0.4, -0.2) is 42.2 Å². The van der Waals surface area contributed by atoms with Crippen LogP contribution in [0.1, 0.15) is 31.3 Å². The molecule has 6 nitrogen and oxygen atoms in total. The molecule has 3 N–H and O–H groups in total. The van der Waals surface area contributed by atoms with Gasteiger partial charge in [0.05, 0.1) is 11.4 Å². The van der Waals surface area contributed by atoms with Gasteiger partial charge in [0, 0.05) is 36.5 Å². The van der Waals surface area contributed by atoms with Crippen molar-refractivity contribution in [3.05, 3.63) is 23.8 Å². The molecule has 0 fully saturated rings. The first-order chi connectivity index (χ1) is 13.5. The Hall–Kier alpha value is -1.55. The van der Waals surface area contributed by atoms with Crippen molar-refractivity contribution < 1.29 is 4.55 Å². The third-order valence-corrected chi connectivity index (χ3v) is 8.80. The summed E-state index contributed by atoms with van der Waals surface area (Å²) in [5.74, 6) is 2.66. The Labute approximate surface area is 175 Å². The summed E-state index contributed by atoms with van der Waals surface area (Å²) < 4.78 is 13.5. The SMILES string of the molecule is CCCC[S+](O)c1sc2nc(C3=NCCS3)cc(-c3cn(C)c(C)n3)c2c1N. The van der Waals surface area contributed by atoms with Crippen molar-refractivity contribution in [1.29, 1.82) is 0 Å². The van der Waals surface area contributed by atoms with Gasteiger partial charge < -0.3 is 10.3 Å². The molecule has 0 amide bonds. The number of hydrogen-bond acceptors (Lipinski definition) is 7. The average molecular weight is 435 g/mol. The number of anilines is 1. The number of imidazole rings is 1. The number of pyridine rings is 1. The molecule has 1 aliphatic heterocycles. The van der Waals surface area contributed by atoms with E-state index in [0.717, 1.165) is 73.1 Å². The van der Waals surface area contributed by atoms with Crippen LogP contribution in [0.25, 0.3) is 21.5 Å². The smallest absolute Gasteiger partial charge is 0.269 e. The van der Waals surface area contributed by atoms with Crippen LogP contribution in [0.2, 0.25) is 0 Å². The zero-order chi connectivity index (χ0) is 19.8. The zero-order valence-corrected chi connectivity index (χ0v) is 18.7. The van der Waals surface area contributed by atoms with Crippen molar-refractivity contribution in [3.8, 4) is 11.3 Å². The number of fused-ring (bicyclic) bond motifs is 1. The molecule has 9 heteroatoms. The first kappa shape index (κ1) is 19.8. The summed E-state index contributed by atoms with van der Waals surface area (Å²) >= 11 is 2.38. The van der Waals surface area contributed by atoms with E-state index in [-0.39, 0.29) is 0 Å². The zero-order valence-electron chi connectivity index (χ0n) is 16.2. The molecule has 0 spiro atoms. The summed E-state index contributed by atoms with van der Waals surface area (Å²) in [6, 6.07) is 2.05. The van der Waals surface area contributed by atoms with Gasteiger partial charge in [-0.25, -0.2) is 9.97 Å². The molecule has 0 saturated heterocycles. The monoisotopic (exact) mass is 434 g/mol. The maximum atomic E-state index is 10.7. The highest BCUT2D eigenvalue weighted by atomic mass is 32.2. The second-order valence-corrected chi connectivity index (χ2v) is 10.7. The third-order valence-electron chi connectivity index (χ3n) is 4.76. The third kappa shape index (κ3) is 3.56. The van der Waals surface area contributed by atoms with Crippen LogP contribution in [0.3, 0.4) is 0 Å². The Morgan fingerprint density at radius 2 is 2.14 bits per heavy atom. The molecule has 3 aromatic rings. The molecule has 1 unspecified atom stereocenters. The van der Waals surface area contributed by atoms with Gasteiger partial charge in [-0.2, -0.15) is 4.55 Å². The number of thioether (sulfide) groups is 1. The average Bonchev–Trinajstić information content (AvgIpc) is 3.40. The topological polar surface area (TPSA) is 89.3 Å². The van der Waals surface area contributed by atoms with Gasteiger partial charge in [0.25, 0.3) is 4.21 Å². The number of hydrogen-bond donors (Lipinski definition) is 2. The Morgan fingerprint density at radius 3 is 2.79 bits per heavy atom. The van der Waals surface area contributed by atoms with Crippen molar-refractivity contribution in [2.45, 2.75) is 30.9 Å². The van der Waals surface area contributed by atoms with E-state index in [1.54, 1.807) is 11.8 Å². The summed E-state index contributed by atoms with van der Waals surface area (Å²) in [5, 5.41) is 1.87. The van der Waals surface area contributed by atoms with Crippen molar-refractivity contribution >= 4 is 55.2 Å². The number of nitrogens with zero attached hydrogens (tertiary/aromatic N) is 4. The summed E-state index contributed by atoms with van der Waals surface area (Å²) in [6.07, 6.45) is 4.04. The summed E-state index contributed by atoms with van der Waals surface area (Å²) in [6.45, 7) is 4.94.